The van der Waals surface area contributed by atoms with E-state index in [-0.39, 0.29) is 22.5 Å². The van der Waals surface area contributed by atoms with Crippen LogP contribution >= 0.6 is 23.2 Å². The first-order valence-electron chi connectivity index (χ1n) is 8.53. The number of aromatic nitrogens is 1. The predicted octanol–water partition coefficient (Wildman–Crippen LogP) is 5.35. The molecule has 1 amide bonds. The third-order valence-electron chi connectivity index (χ3n) is 3.65. The topological polar surface area (TPSA) is 63.6 Å². The van der Waals surface area contributed by atoms with Gasteiger partial charge in [0.1, 0.15) is 17.5 Å². The molecule has 0 aliphatic rings. The fourth-order valence-electron chi connectivity index (χ4n) is 2.36. The second-order valence-electron chi connectivity index (χ2n) is 6.35. The first kappa shape index (κ1) is 23.0. The molecule has 1 aromatic carbocycles. The Bertz CT molecular complexity index is 918. The second kappa shape index (κ2) is 9.45. The van der Waals surface area contributed by atoms with Crippen molar-refractivity contribution in [3.63, 3.8) is 0 Å². The van der Waals surface area contributed by atoms with E-state index in [1.165, 1.54) is 31.3 Å². The van der Waals surface area contributed by atoms with Crippen LogP contribution in [-0.4, -0.2) is 28.7 Å². The molecule has 0 radical (unpaired) electrons. The van der Waals surface area contributed by atoms with E-state index in [4.69, 9.17) is 28.0 Å². The van der Waals surface area contributed by atoms with Gasteiger partial charge in [-0.3, -0.25) is 9.78 Å². The first-order chi connectivity index (χ1) is 13.5. The monoisotopic (exact) mass is 447 g/mol. The average molecular weight is 448 g/mol. The minimum absolute atomic E-state index is 0.137. The fraction of sp³-hybridized carbons (Fsp3) is 0.316. The molecule has 5 nitrogen and oxygen atoms in total. The van der Waals surface area contributed by atoms with Gasteiger partial charge in [-0.2, -0.15) is 13.2 Å². The van der Waals surface area contributed by atoms with Gasteiger partial charge in [0.15, 0.2) is 0 Å². The molecule has 0 aliphatic carbocycles. The van der Waals surface area contributed by atoms with Crippen LogP contribution in [0.25, 0.3) is 0 Å². The van der Waals surface area contributed by atoms with Gasteiger partial charge in [-0.1, -0.05) is 40.5 Å². The molecule has 0 bridgehead atoms. The van der Waals surface area contributed by atoms with Gasteiger partial charge in [0.25, 0.3) is 5.91 Å². The van der Waals surface area contributed by atoms with E-state index in [0.717, 1.165) is 12.1 Å². The lowest BCUT2D eigenvalue weighted by Crippen LogP contribution is -2.40. The summed E-state index contributed by atoms with van der Waals surface area (Å²) in [6.07, 6.45) is -3.62. The van der Waals surface area contributed by atoms with Crippen LogP contribution in [0.5, 0.6) is 0 Å². The second-order valence-corrected chi connectivity index (χ2v) is 7.20. The molecule has 0 fully saturated rings. The fourth-order valence-corrected chi connectivity index (χ4v) is 2.84. The smallest absolute Gasteiger partial charge is 0.393 e. The highest BCUT2D eigenvalue weighted by atomic mass is 35.5. The van der Waals surface area contributed by atoms with E-state index >= 15 is 0 Å². The Morgan fingerprint density at radius 1 is 1.21 bits per heavy atom. The summed E-state index contributed by atoms with van der Waals surface area (Å²) in [5.41, 5.74) is -1.22. The highest BCUT2D eigenvalue weighted by Crippen LogP contribution is 2.32. The van der Waals surface area contributed by atoms with Crippen LogP contribution in [0.1, 0.15) is 42.4 Å². The summed E-state index contributed by atoms with van der Waals surface area (Å²) in [6.45, 7) is 5.00. The first-order valence-corrected chi connectivity index (χ1v) is 9.28. The van der Waals surface area contributed by atoms with Crippen LogP contribution in [0.4, 0.5) is 13.2 Å². The predicted molar refractivity (Wildman–Crippen MR) is 105 cm³/mol. The van der Waals surface area contributed by atoms with Crippen molar-refractivity contribution in [1.82, 2.24) is 10.3 Å². The van der Waals surface area contributed by atoms with Crippen LogP contribution in [0.2, 0.25) is 10.0 Å². The number of rotatable bonds is 6. The maximum absolute atomic E-state index is 13.2. The van der Waals surface area contributed by atoms with Gasteiger partial charge in [0.05, 0.1) is 27.2 Å². The third kappa shape index (κ3) is 6.08. The molecule has 156 valence electrons. The minimum atomic E-state index is -4.67. The Morgan fingerprint density at radius 2 is 1.86 bits per heavy atom. The molecule has 2 rings (SSSR count). The lowest BCUT2D eigenvalue weighted by atomic mass is 10.0. The molecule has 0 unspecified atom stereocenters. The van der Waals surface area contributed by atoms with Gasteiger partial charge < -0.3 is 10.2 Å². The molecule has 29 heavy (non-hydrogen) atoms. The van der Waals surface area contributed by atoms with Crippen LogP contribution in [0, 0.1) is 0 Å². The van der Waals surface area contributed by atoms with E-state index in [1.54, 1.807) is 13.8 Å². The van der Waals surface area contributed by atoms with E-state index in [9.17, 15) is 18.0 Å². The van der Waals surface area contributed by atoms with Crippen LogP contribution < -0.4 is 5.32 Å². The van der Waals surface area contributed by atoms with Crippen molar-refractivity contribution >= 4 is 34.8 Å². The number of benzene rings is 1. The lowest BCUT2D eigenvalue weighted by Gasteiger charge is -2.19. The van der Waals surface area contributed by atoms with Crippen LogP contribution in [0.15, 0.2) is 41.7 Å². The number of nitrogens with one attached hydrogen (secondary N) is 1. The summed E-state index contributed by atoms with van der Waals surface area (Å²) in [5.74, 6) is -0.923. The number of pyridine rings is 1. The molecule has 0 saturated carbocycles. The SMILES string of the molecule is CC(C)O/N=C(/c1ncc(Cl)cc1Cl)[C@H](C)NC(=O)c1ccccc1C(F)(F)F. The third-order valence-corrected chi connectivity index (χ3v) is 4.14. The number of halogens is 5. The summed E-state index contributed by atoms with van der Waals surface area (Å²) in [7, 11) is 0. The number of alkyl halides is 3. The molecule has 1 heterocycles. The zero-order chi connectivity index (χ0) is 21.8. The highest BCUT2D eigenvalue weighted by molar-refractivity contribution is 6.36. The van der Waals surface area contributed by atoms with E-state index in [1.807, 2.05) is 0 Å². The Balaban J connectivity index is 2.37. The van der Waals surface area contributed by atoms with Gasteiger partial charge in [0, 0.05) is 6.20 Å². The van der Waals surface area contributed by atoms with Crippen molar-refractivity contribution in [3.05, 3.63) is 63.4 Å². The Kier molecular flexibility index (Phi) is 7.48. The molecule has 0 saturated heterocycles. The number of carbonyl (C=O) groups excluding carboxylic acids is 1. The Labute approximate surface area is 175 Å². The van der Waals surface area contributed by atoms with Crippen LogP contribution in [0.3, 0.4) is 0 Å². The van der Waals surface area contributed by atoms with Crippen molar-refractivity contribution in [2.24, 2.45) is 5.16 Å². The maximum Gasteiger partial charge on any atom is 0.417 e. The number of hydrogen-bond acceptors (Lipinski definition) is 4. The van der Waals surface area contributed by atoms with Gasteiger partial charge in [-0.05, 0) is 39.0 Å². The van der Waals surface area contributed by atoms with E-state index < -0.39 is 29.3 Å². The minimum Gasteiger partial charge on any atom is -0.393 e. The molecular formula is C19H18Cl2F3N3O2. The highest BCUT2D eigenvalue weighted by Gasteiger charge is 2.35. The molecule has 1 N–H and O–H groups in total. The normalized spacial score (nSPS) is 13.3. The molecule has 1 aromatic heterocycles. The molecule has 0 spiro atoms. The standard InChI is InChI=1S/C19H18Cl2F3N3O2/c1-10(2)29-27-16(17-15(21)8-12(20)9-25-17)11(3)26-18(28)13-6-4-5-7-14(13)19(22,23)24/h4-11H,1-3H3,(H,26,28)/b27-16+/t11-/m0/s1. The van der Waals surface area contributed by atoms with Gasteiger partial charge in [-0.15, -0.1) is 0 Å². The summed E-state index contributed by atoms with van der Waals surface area (Å²) >= 11 is 12.0. The lowest BCUT2D eigenvalue weighted by molar-refractivity contribution is -0.137. The molecule has 0 aliphatic heterocycles. The molecule has 2 aromatic rings. The Morgan fingerprint density at radius 3 is 2.45 bits per heavy atom. The van der Waals surface area contributed by atoms with Gasteiger partial charge in [-0.25, -0.2) is 0 Å². The van der Waals surface area contributed by atoms with Crippen molar-refractivity contribution in [2.45, 2.75) is 39.1 Å². The summed E-state index contributed by atoms with van der Waals surface area (Å²) in [6, 6.07) is 5.07. The maximum atomic E-state index is 13.2. The quantitative estimate of drug-likeness (QED) is 0.479. The van der Waals surface area contributed by atoms with Crippen LogP contribution in [-0.2, 0) is 11.0 Å². The van der Waals surface area contributed by atoms with Crippen molar-refractivity contribution < 1.29 is 22.8 Å². The summed E-state index contributed by atoms with van der Waals surface area (Å²) in [4.78, 5) is 21.9. The van der Waals surface area contributed by atoms with Gasteiger partial charge >= 0.3 is 6.18 Å². The number of hydrogen-bond donors (Lipinski definition) is 1. The van der Waals surface area contributed by atoms with Crippen molar-refractivity contribution in [2.75, 3.05) is 0 Å². The van der Waals surface area contributed by atoms with Crippen molar-refractivity contribution in [3.8, 4) is 0 Å². The largest absolute Gasteiger partial charge is 0.417 e. The molecule has 1 atom stereocenters. The van der Waals surface area contributed by atoms with Crippen molar-refractivity contribution in [1.29, 1.82) is 0 Å². The zero-order valence-electron chi connectivity index (χ0n) is 15.7. The zero-order valence-corrected chi connectivity index (χ0v) is 17.2. The van der Waals surface area contributed by atoms with E-state index in [2.05, 4.69) is 15.5 Å². The molecular weight excluding hydrogens is 430 g/mol. The number of nitrogens with zero attached hydrogens (tertiary/aromatic N) is 2. The number of carbonyl (C=O) groups is 1. The van der Waals surface area contributed by atoms with E-state index in [0.29, 0.717) is 5.02 Å². The summed E-state index contributed by atoms with van der Waals surface area (Å²) < 4.78 is 39.6. The summed E-state index contributed by atoms with van der Waals surface area (Å²) in [5, 5.41) is 6.93. The number of amides is 1. The average Bonchev–Trinajstić information content (AvgIpc) is 2.62. The number of oxime groups is 1. The molecule has 10 heteroatoms. The Hall–Kier alpha value is -2.32. The van der Waals surface area contributed by atoms with Gasteiger partial charge in [0.2, 0.25) is 0 Å².